The van der Waals surface area contributed by atoms with Crippen LogP contribution in [0.5, 0.6) is 5.75 Å². The number of aryl methyl sites for hydroxylation is 1. The van der Waals surface area contributed by atoms with E-state index >= 15 is 0 Å². The Morgan fingerprint density at radius 1 is 1.28 bits per heavy atom. The average Bonchev–Trinajstić information content (AvgIpc) is 2.52. The van der Waals surface area contributed by atoms with Gasteiger partial charge in [-0.3, -0.25) is 14.7 Å². The molecular weight excluding hydrogens is 340 g/mol. The Morgan fingerprint density at radius 2 is 2.00 bits per heavy atom. The molecule has 2 aromatic rings. The third kappa shape index (κ3) is 2.78. The van der Waals surface area contributed by atoms with Crippen LogP contribution in [0, 0.1) is 30.9 Å². The Morgan fingerprint density at radius 3 is 2.64 bits per heavy atom. The van der Waals surface area contributed by atoms with Crippen LogP contribution in [0.4, 0.5) is 23.2 Å². The highest BCUT2D eigenvalue weighted by Crippen LogP contribution is 2.42. The summed E-state index contributed by atoms with van der Waals surface area (Å²) in [5, 5.41) is 0. The quantitative estimate of drug-likeness (QED) is 0.617. The number of carbonyl (C=O) groups is 1. The molecule has 4 nitrogen and oxygen atoms in total. The van der Waals surface area contributed by atoms with Crippen LogP contribution in [0.3, 0.4) is 0 Å². The minimum Gasteiger partial charge on any atom is -0.423 e. The average molecular weight is 350 g/mol. The predicted octanol–water partition coefficient (Wildman–Crippen LogP) is 3.29. The second-order valence-corrected chi connectivity index (χ2v) is 5.36. The number of alkyl halides is 2. The number of benzene rings is 1. The van der Waals surface area contributed by atoms with E-state index in [9.17, 15) is 22.4 Å². The van der Waals surface area contributed by atoms with Gasteiger partial charge in [-0.05, 0) is 24.6 Å². The van der Waals surface area contributed by atoms with Gasteiger partial charge in [0.05, 0.1) is 12.2 Å². The fraction of sp³-hybridized carbons (Fsp3) is 0.176. The number of ether oxygens (including phenoxy) is 1. The van der Waals surface area contributed by atoms with E-state index in [1.54, 1.807) is 6.92 Å². The van der Waals surface area contributed by atoms with Crippen LogP contribution in [0.2, 0.25) is 0 Å². The third-order valence-electron chi connectivity index (χ3n) is 3.55. The number of fused-ring (bicyclic) bond motifs is 1. The van der Waals surface area contributed by atoms with Crippen molar-refractivity contribution in [3.63, 3.8) is 0 Å². The van der Waals surface area contributed by atoms with E-state index in [2.05, 4.69) is 15.6 Å². The largest absolute Gasteiger partial charge is 0.483 e. The molecule has 0 radical (unpaired) electrons. The first kappa shape index (κ1) is 16.8. The Bertz CT molecular complexity index is 922. The minimum atomic E-state index is -4.18. The van der Waals surface area contributed by atoms with Gasteiger partial charge in [-0.25, -0.2) is 8.78 Å². The molecule has 8 heteroatoms. The fourth-order valence-corrected chi connectivity index (χ4v) is 2.45. The summed E-state index contributed by atoms with van der Waals surface area (Å²) < 4.78 is 60.0. The SMILES string of the molecule is C#CCN1C(=O)C(F)(F)Oc2cc(F)c(-c3ncc(C)cc3F)cc21. The van der Waals surface area contributed by atoms with E-state index in [-0.39, 0.29) is 16.9 Å². The molecule has 1 aromatic heterocycles. The number of anilines is 1. The van der Waals surface area contributed by atoms with Crippen LogP contribution in [0.1, 0.15) is 5.56 Å². The molecule has 128 valence electrons. The number of terminal acetylenes is 1. The standard InChI is InChI=1S/C17H10F4N2O2/c1-3-4-23-13-6-10(15-12(19)5-9(2)8-22-15)11(18)7-14(13)25-17(20,21)16(23)24/h1,5-8H,4H2,2H3. The Kier molecular flexibility index (Phi) is 3.87. The van der Waals surface area contributed by atoms with Crippen molar-refractivity contribution in [1.29, 1.82) is 0 Å². The van der Waals surface area contributed by atoms with Gasteiger partial charge in [0, 0.05) is 17.8 Å². The molecule has 25 heavy (non-hydrogen) atoms. The van der Waals surface area contributed by atoms with Crippen LogP contribution in [-0.2, 0) is 4.79 Å². The molecule has 0 saturated heterocycles. The molecule has 0 fully saturated rings. The van der Waals surface area contributed by atoms with Crippen molar-refractivity contribution in [2.75, 3.05) is 11.4 Å². The number of amides is 1. The second-order valence-electron chi connectivity index (χ2n) is 5.36. The number of hydrogen-bond donors (Lipinski definition) is 0. The molecule has 1 amide bonds. The summed E-state index contributed by atoms with van der Waals surface area (Å²) in [7, 11) is 0. The highest BCUT2D eigenvalue weighted by molar-refractivity contribution is 6.01. The van der Waals surface area contributed by atoms with E-state index in [0.29, 0.717) is 16.5 Å². The summed E-state index contributed by atoms with van der Waals surface area (Å²) in [6.45, 7) is 1.12. The Labute approximate surface area is 140 Å². The maximum Gasteiger partial charge on any atom is 0.483 e. The second kappa shape index (κ2) is 5.77. The lowest BCUT2D eigenvalue weighted by Gasteiger charge is -2.32. The molecule has 0 N–H and O–H groups in total. The van der Waals surface area contributed by atoms with Crippen LogP contribution >= 0.6 is 0 Å². The van der Waals surface area contributed by atoms with E-state index in [0.717, 1.165) is 12.1 Å². The normalized spacial score (nSPS) is 15.4. The van der Waals surface area contributed by atoms with Crippen molar-refractivity contribution in [3.05, 3.63) is 41.6 Å². The molecule has 1 aliphatic heterocycles. The molecule has 2 heterocycles. The zero-order valence-corrected chi connectivity index (χ0v) is 12.8. The van der Waals surface area contributed by atoms with Gasteiger partial charge in [-0.2, -0.15) is 8.78 Å². The first-order valence-corrected chi connectivity index (χ1v) is 7.03. The van der Waals surface area contributed by atoms with Crippen molar-refractivity contribution in [2.45, 2.75) is 13.0 Å². The van der Waals surface area contributed by atoms with Gasteiger partial charge in [-0.1, -0.05) is 5.92 Å². The van der Waals surface area contributed by atoms with Crippen LogP contribution in [0.15, 0.2) is 24.4 Å². The highest BCUT2D eigenvalue weighted by atomic mass is 19.3. The van der Waals surface area contributed by atoms with Gasteiger partial charge in [0.2, 0.25) is 0 Å². The maximum atomic E-state index is 14.3. The molecule has 3 rings (SSSR count). The molecule has 0 atom stereocenters. The first-order chi connectivity index (χ1) is 11.7. The number of aromatic nitrogens is 1. The lowest BCUT2D eigenvalue weighted by Crippen LogP contribution is -2.51. The summed E-state index contributed by atoms with van der Waals surface area (Å²) in [4.78, 5) is 16.2. The van der Waals surface area contributed by atoms with E-state index in [4.69, 9.17) is 6.42 Å². The summed E-state index contributed by atoms with van der Waals surface area (Å²) in [6, 6.07) is 2.81. The Balaban J connectivity index is 2.20. The van der Waals surface area contributed by atoms with Crippen molar-refractivity contribution >= 4 is 11.6 Å². The molecule has 1 aliphatic rings. The third-order valence-corrected chi connectivity index (χ3v) is 3.55. The lowest BCUT2D eigenvalue weighted by atomic mass is 10.1. The number of rotatable bonds is 2. The van der Waals surface area contributed by atoms with Gasteiger partial charge in [0.15, 0.2) is 5.75 Å². The zero-order chi connectivity index (χ0) is 18.4. The van der Waals surface area contributed by atoms with Crippen LogP contribution in [-0.4, -0.2) is 23.5 Å². The predicted molar refractivity (Wildman–Crippen MR) is 81.1 cm³/mol. The topological polar surface area (TPSA) is 42.4 Å². The van der Waals surface area contributed by atoms with Crippen LogP contribution < -0.4 is 9.64 Å². The van der Waals surface area contributed by atoms with Gasteiger partial charge < -0.3 is 4.74 Å². The molecule has 0 unspecified atom stereocenters. The molecule has 1 aromatic carbocycles. The molecule has 0 bridgehead atoms. The Hall–Kier alpha value is -3.08. The lowest BCUT2D eigenvalue weighted by molar-refractivity contribution is -0.192. The van der Waals surface area contributed by atoms with Gasteiger partial charge in [0.1, 0.15) is 17.3 Å². The minimum absolute atomic E-state index is 0.188. The zero-order valence-electron chi connectivity index (χ0n) is 12.8. The summed E-state index contributed by atoms with van der Waals surface area (Å²) in [6.07, 6.45) is 2.26. The van der Waals surface area contributed by atoms with E-state index in [1.165, 1.54) is 6.20 Å². The molecular formula is C17H10F4N2O2. The number of hydrogen-bond acceptors (Lipinski definition) is 3. The maximum absolute atomic E-state index is 14.3. The smallest absolute Gasteiger partial charge is 0.423 e. The number of pyridine rings is 1. The highest BCUT2D eigenvalue weighted by Gasteiger charge is 2.50. The first-order valence-electron chi connectivity index (χ1n) is 7.03. The molecule has 0 saturated carbocycles. The van der Waals surface area contributed by atoms with Crippen molar-refractivity contribution in [3.8, 4) is 29.4 Å². The summed E-state index contributed by atoms with van der Waals surface area (Å²) in [5.74, 6) is -2.01. The number of carbonyl (C=O) groups excluding carboxylic acids is 1. The molecule has 0 aliphatic carbocycles. The summed E-state index contributed by atoms with van der Waals surface area (Å²) >= 11 is 0. The van der Waals surface area contributed by atoms with Crippen molar-refractivity contribution in [1.82, 2.24) is 4.98 Å². The van der Waals surface area contributed by atoms with Gasteiger partial charge >= 0.3 is 12.0 Å². The van der Waals surface area contributed by atoms with E-state index < -0.39 is 35.9 Å². The monoisotopic (exact) mass is 350 g/mol. The fourth-order valence-electron chi connectivity index (χ4n) is 2.45. The van der Waals surface area contributed by atoms with Crippen molar-refractivity contribution in [2.24, 2.45) is 0 Å². The summed E-state index contributed by atoms with van der Waals surface area (Å²) in [5.41, 5.74) is -0.296. The van der Waals surface area contributed by atoms with Crippen LogP contribution in [0.25, 0.3) is 11.3 Å². The van der Waals surface area contributed by atoms with Crippen molar-refractivity contribution < 1.29 is 27.1 Å². The van der Waals surface area contributed by atoms with Gasteiger partial charge in [-0.15, -0.1) is 6.42 Å². The number of halogens is 4. The van der Waals surface area contributed by atoms with E-state index in [1.807, 2.05) is 0 Å². The van der Waals surface area contributed by atoms with Gasteiger partial charge in [0.25, 0.3) is 0 Å². The molecule has 0 spiro atoms. The number of nitrogens with zero attached hydrogens (tertiary/aromatic N) is 2.